The Morgan fingerprint density at radius 3 is 2.47 bits per heavy atom. The highest BCUT2D eigenvalue weighted by atomic mass is 16.2. The van der Waals surface area contributed by atoms with E-state index in [2.05, 4.69) is 22.1 Å². The van der Waals surface area contributed by atoms with Crippen LogP contribution in [0, 0.1) is 17.8 Å². The van der Waals surface area contributed by atoms with Gasteiger partial charge < -0.3 is 0 Å². The molecule has 3 rings (SSSR count). The van der Waals surface area contributed by atoms with Gasteiger partial charge in [0.05, 0.1) is 17.9 Å². The topological polar surface area (TPSA) is 79.0 Å². The molecule has 2 heterocycles. The zero-order valence-corrected chi connectivity index (χ0v) is 11.2. The van der Waals surface area contributed by atoms with Crippen LogP contribution in [0.15, 0.2) is 6.33 Å². The van der Waals surface area contributed by atoms with E-state index in [9.17, 15) is 9.59 Å². The van der Waals surface area contributed by atoms with Gasteiger partial charge in [-0.05, 0) is 25.7 Å². The van der Waals surface area contributed by atoms with Gasteiger partial charge in [-0.25, -0.2) is 4.98 Å². The van der Waals surface area contributed by atoms with Gasteiger partial charge in [0, 0.05) is 0 Å². The molecule has 1 N–H and O–H groups in total. The number of imide groups is 1. The van der Waals surface area contributed by atoms with Gasteiger partial charge in [-0.3, -0.25) is 19.6 Å². The van der Waals surface area contributed by atoms with Crippen molar-refractivity contribution in [2.75, 3.05) is 0 Å². The van der Waals surface area contributed by atoms with Crippen LogP contribution >= 0.6 is 0 Å². The van der Waals surface area contributed by atoms with Crippen molar-refractivity contribution in [1.29, 1.82) is 0 Å². The minimum atomic E-state index is -0.354. The highest BCUT2D eigenvalue weighted by molar-refractivity contribution is 6.05. The zero-order valence-electron chi connectivity index (χ0n) is 11.2. The normalized spacial score (nSPS) is 31.9. The van der Waals surface area contributed by atoms with E-state index in [0.717, 1.165) is 19.3 Å². The summed E-state index contributed by atoms with van der Waals surface area (Å²) in [6.07, 6.45) is 4.15. The smallest absolute Gasteiger partial charge is 0.233 e. The third-order valence-corrected chi connectivity index (χ3v) is 4.56. The van der Waals surface area contributed by atoms with Crippen LogP contribution in [-0.2, 0) is 9.59 Å². The van der Waals surface area contributed by atoms with E-state index >= 15 is 0 Å². The number of aromatic nitrogens is 3. The Morgan fingerprint density at radius 2 is 2.00 bits per heavy atom. The molecule has 1 aromatic rings. The van der Waals surface area contributed by atoms with E-state index < -0.39 is 0 Å². The van der Waals surface area contributed by atoms with Crippen molar-refractivity contribution in [3.05, 3.63) is 12.2 Å². The van der Waals surface area contributed by atoms with Crippen molar-refractivity contribution >= 4 is 11.8 Å². The van der Waals surface area contributed by atoms with Gasteiger partial charge in [0.25, 0.3) is 0 Å². The number of amides is 2. The number of aromatic amines is 1. The standard InChI is InChI=1S/C13H18N4O2/c1-3-8-4-9-10(5-8)13(19)17(12(9)18)7(2)11-14-6-15-16-11/h6-10H,3-5H2,1-2H3,(H,14,15,16). The summed E-state index contributed by atoms with van der Waals surface area (Å²) in [5.74, 6) is 0.801. The molecule has 6 nitrogen and oxygen atoms in total. The lowest BCUT2D eigenvalue weighted by atomic mass is 10.00. The summed E-state index contributed by atoms with van der Waals surface area (Å²) in [7, 11) is 0. The molecule has 3 unspecified atom stereocenters. The largest absolute Gasteiger partial charge is 0.274 e. The molecule has 1 aliphatic heterocycles. The second-order valence-electron chi connectivity index (χ2n) is 5.55. The average Bonchev–Trinajstić information content (AvgIpc) is 3.10. The molecule has 2 amide bonds. The van der Waals surface area contributed by atoms with Crippen molar-refractivity contribution < 1.29 is 9.59 Å². The zero-order chi connectivity index (χ0) is 13.6. The van der Waals surface area contributed by atoms with Crippen molar-refractivity contribution in [2.24, 2.45) is 17.8 Å². The van der Waals surface area contributed by atoms with Crippen molar-refractivity contribution in [2.45, 2.75) is 39.2 Å². The second kappa shape index (κ2) is 4.43. The number of fused-ring (bicyclic) bond motifs is 1. The number of nitrogens with zero attached hydrogens (tertiary/aromatic N) is 3. The Labute approximate surface area is 111 Å². The summed E-state index contributed by atoms with van der Waals surface area (Å²) >= 11 is 0. The Kier molecular flexibility index (Phi) is 2.88. The van der Waals surface area contributed by atoms with E-state index in [-0.39, 0.29) is 29.7 Å². The molecule has 0 bridgehead atoms. The summed E-state index contributed by atoms with van der Waals surface area (Å²) in [4.78, 5) is 30.3. The third-order valence-electron chi connectivity index (χ3n) is 4.56. The molecule has 1 aromatic heterocycles. The van der Waals surface area contributed by atoms with Crippen molar-refractivity contribution in [3.63, 3.8) is 0 Å². The lowest BCUT2D eigenvalue weighted by Crippen LogP contribution is -2.35. The second-order valence-corrected chi connectivity index (χ2v) is 5.55. The Morgan fingerprint density at radius 1 is 1.37 bits per heavy atom. The molecule has 1 saturated carbocycles. The van der Waals surface area contributed by atoms with Gasteiger partial charge in [0.2, 0.25) is 11.8 Å². The number of hydrogen-bond donors (Lipinski definition) is 1. The fourth-order valence-corrected chi connectivity index (χ4v) is 3.41. The molecule has 6 heteroatoms. The van der Waals surface area contributed by atoms with Gasteiger partial charge in [-0.1, -0.05) is 13.3 Å². The van der Waals surface area contributed by atoms with E-state index in [1.165, 1.54) is 11.2 Å². The fraction of sp³-hybridized carbons (Fsp3) is 0.692. The number of H-pyrrole nitrogens is 1. The Bertz CT molecular complexity index is 475. The molecule has 0 aromatic carbocycles. The first-order chi connectivity index (χ1) is 9.13. The van der Waals surface area contributed by atoms with Crippen LogP contribution in [0.2, 0.25) is 0 Å². The maximum absolute atomic E-state index is 12.4. The summed E-state index contributed by atoms with van der Waals surface area (Å²) in [5, 5.41) is 6.51. The van der Waals surface area contributed by atoms with Crippen molar-refractivity contribution in [1.82, 2.24) is 20.1 Å². The average molecular weight is 262 g/mol. The molecule has 3 atom stereocenters. The van der Waals surface area contributed by atoms with Crippen molar-refractivity contribution in [3.8, 4) is 0 Å². The molecule has 19 heavy (non-hydrogen) atoms. The SMILES string of the molecule is CCC1CC2C(=O)N(C(C)c3ncn[nH]3)C(=O)C2C1. The minimum absolute atomic E-state index is 0.0325. The fourth-order valence-electron chi connectivity index (χ4n) is 3.41. The molecule has 0 radical (unpaired) electrons. The number of carbonyl (C=O) groups is 2. The predicted molar refractivity (Wildman–Crippen MR) is 66.6 cm³/mol. The number of nitrogens with one attached hydrogen (secondary N) is 1. The maximum Gasteiger partial charge on any atom is 0.233 e. The van der Waals surface area contributed by atoms with Crippen LogP contribution in [0.1, 0.15) is 45.0 Å². The predicted octanol–water partition coefficient (Wildman–Crippen LogP) is 1.29. The minimum Gasteiger partial charge on any atom is -0.274 e. The van der Waals surface area contributed by atoms with Gasteiger partial charge in [0.1, 0.15) is 12.2 Å². The molecular weight excluding hydrogens is 244 g/mol. The molecule has 2 aliphatic rings. The lowest BCUT2D eigenvalue weighted by molar-refractivity contribution is -0.143. The molecule has 1 aliphatic carbocycles. The molecule has 1 saturated heterocycles. The van der Waals surface area contributed by atoms with Crippen LogP contribution in [0.5, 0.6) is 0 Å². The number of hydrogen-bond acceptors (Lipinski definition) is 4. The summed E-state index contributed by atoms with van der Waals surface area (Å²) in [5.41, 5.74) is 0. The van der Waals surface area contributed by atoms with Crippen LogP contribution in [0.4, 0.5) is 0 Å². The number of rotatable bonds is 3. The van der Waals surface area contributed by atoms with Gasteiger partial charge in [0.15, 0.2) is 0 Å². The van der Waals surface area contributed by atoms with Gasteiger partial charge in [-0.2, -0.15) is 5.10 Å². The van der Waals surface area contributed by atoms with Gasteiger partial charge in [-0.15, -0.1) is 0 Å². The van der Waals surface area contributed by atoms with Crippen LogP contribution in [0.25, 0.3) is 0 Å². The van der Waals surface area contributed by atoms with Crippen LogP contribution < -0.4 is 0 Å². The molecule has 2 fully saturated rings. The third kappa shape index (κ3) is 1.77. The first-order valence-corrected chi connectivity index (χ1v) is 6.85. The number of likely N-dealkylation sites (tertiary alicyclic amines) is 1. The molecular formula is C13H18N4O2. The van der Waals surface area contributed by atoms with Crippen LogP contribution in [-0.4, -0.2) is 31.9 Å². The van der Waals surface area contributed by atoms with E-state index in [0.29, 0.717) is 11.7 Å². The van der Waals surface area contributed by atoms with Gasteiger partial charge >= 0.3 is 0 Å². The van der Waals surface area contributed by atoms with Crippen LogP contribution in [0.3, 0.4) is 0 Å². The maximum atomic E-state index is 12.4. The number of carbonyl (C=O) groups excluding carboxylic acids is 2. The van der Waals surface area contributed by atoms with E-state index in [1.807, 2.05) is 6.92 Å². The Hall–Kier alpha value is -1.72. The summed E-state index contributed by atoms with van der Waals surface area (Å²) < 4.78 is 0. The molecule has 102 valence electrons. The first kappa shape index (κ1) is 12.3. The van der Waals surface area contributed by atoms with E-state index in [1.54, 1.807) is 0 Å². The summed E-state index contributed by atoms with van der Waals surface area (Å²) in [6.45, 7) is 3.93. The monoisotopic (exact) mass is 262 g/mol. The highest BCUT2D eigenvalue weighted by Gasteiger charge is 2.53. The van der Waals surface area contributed by atoms with E-state index in [4.69, 9.17) is 0 Å². The first-order valence-electron chi connectivity index (χ1n) is 6.85. The lowest BCUT2D eigenvalue weighted by Gasteiger charge is -2.22. The highest BCUT2D eigenvalue weighted by Crippen LogP contribution is 2.46. The Balaban J connectivity index is 1.83. The summed E-state index contributed by atoms with van der Waals surface area (Å²) in [6, 6.07) is -0.354. The molecule has 0 spiro atoms. The quantitative estimate of drug-likeness (QED) is 0.832.